The number of halogens is 1. The van der Waals surface area contributed by atoms with E-state index >= 15 is 0 Å². The van der Waals surface area contributed by atoms with Crippen molar-refractivity contribution in [2.75, 3.05) is 12.8 Å². The quantitative estimate of drug-likeness (QED) is 0.577. The molecule has 0 fully saturated rings. The number of esters is 1. The molecule has 80 valence electrons. The summed E-state index contributed by atoms with van der Waals surface area (Å²) in [6, 6.07) is 7.13. The van der Waals surface area contributed by atoms with Crippen molar-refractivity contribution in [3.63, 3.8) is 0 Å². The van der Waals surface area contributed by atoms with E-state index in [1.54, 1.807) is 18.2 Å². The van der Waals surface area contributed by atoms with Crippen molar-refractivity contribution in [3.05, 3.63) is 30.0 Å². The van der Waals surface area contributed by atoms with Crippen molar-refractivity contribution in [2.45, 2.75) is 0 Å². The summed E-state index contributed by atoms with van der Waals surface area (Å²) in [4.78, 5) is 14.1. The minimum absolute atomic E-state index is 0. The average molecular weight is 227 g/mol. The number of fused-ring (bicyclic) bond motifs is 1. The Balaban J connectivity index is 0.00000112. The number of hydrogen-bond acceptors (Lipinski definition) is 3. The number of aromatic nitrogens is 1. The Hall–Kier alpha value is -1.68. The summed E-state index contributed by atoms with van der Waals surface area (Å²) < 4.78 is 4.59. The van der Waals surface area contributed by atoms with Crippen molar-refractivity contribution in [3.8, 4) is 0 Å². The van der Waals surface area contributed by atoms with E-state index in [4.69, 9.17) is 5.73 Å². The monoisotopic (exact) mass is 226 g/mol. The highest BCUT2D eigenvalue weighted by Crippen LogP contribution is 2.18. The summed E-state index contributed by atoms with van der Waals surface area (Å²) in [6.45, 7) is 0. The summed E-state index contributed by atoms with van der Waals surface area (Å²) in [5, 5.41) is 0.908. The second-order valence-corrected chi connectivity index (χ2v) is 3.02. The van der Waals surface area contributed by atoms with Crippen molar-refractivity contribution < 1.29 is 9.53 Å². The average Bonchev–Trinajstić information content (AvgIpc) is 2.59. The van der Waals surface area contributed by atoms with Crippen LogP contribution in [-0.4, -0.2) is 18.1 Å². The SMILES string of the molecule is COC(=O)c1cc2cc(N)ccc2[nH]1.Cl. The van der Waals surface area contributed by atoms with Crippen molar-refractivity contribution >= 4 is 35.0 Å². The standard InChI is InChI=1S/C10H10N2O2.ClH/c1-14-10(13)9-5-6-4-7(11)2-3-8(6)12-9;/h2-5,12H,11H2,1H3;1H. The molecule has 0 saturated heterocycles. The lowest BCUT2D eigenvalue weighted by atomic mass is 10.2. The van der Waals surface area contributed by atoms with E-state index in [-0.39, 0.29) is 18.4 Å². The zero-order chi connectivity index (χ0) is 10.1. The highest BCUT2D eigenvalue weighted by molar-refractivity contribution is 5.95. The van der Waals surface area contributed by atoms with Gasteiger partial charge in [0, 0.05) is 16.6 Å². The number of nitrogens with one attached hydrogen (secondary N) is 1. The molecule has 0 aliphatic heterocycles. The third kappa shape index (κ3) is 2.05. The lowest BCUT2D eigenvalue weighted by Crippen LogP contribution is -2.00. The number of anilines is 1. The molecule has 1 aromatic carbocycles. The minimum atomic E-state index is -0.375. The van der Waals surface area contributed by atoms with Gasteiger partial charge in [-0.2, -0.15) is 0 Å². The lowest BCUT2D eigenvalue weighted by molar-refractivity contribution is 0.0595. The lowest BCUT2D eigenvalue weighted by Gasteiger charge is -1.92. The van der Waals surface area contributed by atoms with E-state index in [9.17, 15) is 4.79 Å². The zero-order valence-electron chi connectivity index (χ0n) is 8.11. The van der Waals surface area contributed by atoms with Gasteiger partial charge in [0.2, 0.25) is 0 Å². The first-order valence-electron chi connectivity index (χ1n) is 4.17. The van der Waals surface area contributed by atoms with Gasteiger partial charge in [-0.1, -0.05) is 0 Å². The van der Waals surface area contributed by atoms with E-state index in [2.05, 4.69) is 9.72 Å². The summed E-state index contributed by atoms with van der Waals surface area (Å²) in [5.41, 5.74) is 7.60. The molecule has 0 spiro atoms. The number of carbonyl (C=O) groups is 1. The van der Waals surface area contributed by atoms with Crippen LogP contribution in [0.25, 0.3) is 10.9 Å². The number of methoxy groups -OCH3 is 1. The van der Waals surface area contributed by atoms with Crippen molar-refractivity contribution in [2.24, 2.45) is 0 Å². The minimum Gasteiger partial charge on any atom is -0.464 e. The van der Waals surface area contributed by atoms with Crippen LogP contribution in [0.5, 0.6) is 0 Å². The molecule has 2 rings (SSSR count). The second-order valence-electron chi connectivity index (χ2n) is 3.02. The molecular weight excluding hydrogens is 216 g/mol. The topological polar surface area (TPSA) is 68.1 Å². The highest BCUT2D eigenvalue weighted by atomic mass is 35.5. The molecule has 0 atom stereocenters. The Kier molecular flexibility index (Phi) is 3.21. The van der Waals surface area contributed by atoms with Crippen LogP contribution < -0.4 is 5.73 Å². The molecular formula is C10H11ClN2O2. The zero-order valence-corrected chi connectivity index (χ0v) is 8.93. The number of nitrogens with two attached hydrogens (primary N) is 1. The van der Waals surface area contributed by atoms with Gasteiger partial charge in [-0.05, 0) is 24.3 Å². The Morgan fingerprint density at radius 3 is 2.80 bits per heavy atom. The number of H-pyrrole nitrogens is 1. The molecule has 0 bridgehead atoms. The van der Waals surface area contributed by atoms with Crippen LogP contribution in [0.4, 0.5) is 5.69 Å². The predicted octanol–water partition coefficient (Wildman–Crippen LogP) is 1.96. The van der Waals surface area contributed by atoms with Crippen LogP contribution in [0, 0.1) is 0 Å². The Labute approximate surface area is 92.8 Å². The first-order valence-corrected chi connectivity index (χ1v) is 4.17. The molecule has 5 heteroatoms. The van der Waals surface area contributed by atoms with E-state index < -0.39 is 0 Å². The maximum atomic E-state index is 11.2. The number of benzene rings is 1. The predicted molar refractivity (Wildman–Crippen MR) is 61.3 cm³/mol. The van der Waals surface area contributed by atoms with Gasteiger partial charge < -0.3 is 15.5 Å². The Morgan fingerprint density at radius 1 is 1.40 bits per heavy atom. The van der Waals surface area contributed by atoms with E-state index in [1.807, 2.05) is 6.07 Å². The van der Waals surface area contributed by atoms with Crippen LogP contribution >= 0.6 is 12.4 Å². The van der Waals surface area contributed by atoms with Crippen molar-refractivity contribution in [1.29, 1.82) is 0 Å². The van der Waals surface area contributed by atoms with Gasteiger partial charge in [-0.15, -0.1) is 12.4 Å². The number of hydrogen-bond donors (Lipinski definition) is 2. The van der Waals surface area contributed by atoms with Gasteiger partial charge in [-0.25, -0.2) is 4.79 Å². The molecule has 1 heterocycles. The second kappa shape index (κ2) is 4.23. The third-order valence-electron chi connectivity index (χ3n) is 2.05. The number of carbonyl (C=O) groups excluding carboxylic acids is 1. The third-order valence-corrected chi connectivity index (χ3v) is 2.05. The maximum absolute atomic E-state index is 11.2. The van der Waals surface area contributed by atoms with Crippen LogP contribution in [0.15, 0.2) is 24.3 Å². The smallest absolute Gasteiger partial charge is 0.354 e. The van der Waals surface area contributed by atoms with Gasteiger partial charge in [0.05, 0.1) is 7.11 Å². The van der Waals surface area contributed by atoms with Gasteiger partial charge in [0.1, 0.15) is 5.69 Å². The van der Waals surface area contributed by atoms with Crippen LogP contribution in [0.3, 0.4) is 0 Å². The summed E-state index contributed by atoms with van der Waals surface area (Å²) in [7, 11) is 1.35. The molecule has 0 unspecified atom stereocenters. The first-order chi connectivity index (χ1) is 6.70. The fourth-order valence-corrected chi connectivity index (χ4v) is 1.37. The molecule has 0 amide bonds. The fourth-order valence-electron chi connectivity index (χ4n) is 1.37. The van der Waals surface area contributed by atoms with Gasteiger partial charge in [-0.3, -0.25) is 0 Å². The molecule has 1 aromatic heterocycles. The van der Waals surface area contributed by atoms with E-state index in [0.29, 0.717) is 11.4 Å². The number of nitrogen functional groups attached to an aromatic ring is 1. The molecule has 0 saturated carbocycles. The largest absolute Gasteiger partial charge is 0.464 e. The van der Waals surface area contributed by atoms with Crippen LogP contribution in [0.1, 0.15) is 10.5 Å². The summed E-state index contributed by atoms with van der Waals surface area (Å²) in [5.74, 6) is -0.375. The molecule has 3 N–H and O–H groups in total. The molecule has 2 aromatic rings. The van der Waals surface area contributed by atoms with Crippen LogP contribution in [0.2, 0.25) is 0 Å². The molecule has 0 aliphatic carbocycles. The molecule has 0 radical (unpaired) electrons. The maximum Gasteiger partial charge on any atom is 0.354 e. The normalized spacial score (nSPS) is 9.67. The Bertz CT molecular complexity index is 493. The highest BCUT2D eigenvalue weighted by Gasteiger charge is 2.08. The van der Waals surface area contributed by atoms with Crippen molar-refractivity contribution in [1.82, 2.24) is 4.98 Å². The summed E-state index contributed by atoms with van der Waals surface area (Å²) in [6.07, 6.45) is 0. The number of rotatable bonds is 1. The first kappa shape index (κ1) is 11.4. The van der Waals surface area contributed by atoms with Crippen LogP contribution in [-0.2, 0) is 4.74 Å². The summed E-state index contributed by atoms with van der Waals surface area (Å²) >= 11 is 0. The van der Waals surface area contributed by atoms with Gasteiger partial charge >= 0.3 is 5.97 Å². The van der Waals surface area contributed by atoms with Gasteiger partial charge in [0.15, 0.2) is 0 Å². The number of aromatic amines is 1. The number of ether oxygens (including phenoxy) is 1. The molecule has 15 heavy (non-hydrogen) atoms. The fraction of sp³-hybridized carbons (Fsp3) is 0.100. The molecule has 4 nitrogen and oxygen atoms in total. The van der Waals surface area contributed by atoms with Gasteiger partial charge in [0.25, 0.3) is 0 Å². The Morgan fingerprint density at radius 2 is 2.13 bits per heavy atom. The molecule has 0 aliphatic rings. The van der Waals surface area contributed by atoms with E-state index in [1.165, 1.54) is 7.11 Å². The van der Waals surface area contributed by atoms with E-state index in [0.717, 1.165) is 10.9 Å².